The van der Waals surface area contributed by atoms with Gasteiger partial charge in [0, 0.05) is 19.6 Å². The van der Waals surface area contributed by atoms with Crippen molar-refractivity contribution in [1.82, 2.24) is 0 Å². The van der Waals surface area contributed by atoms with Gasteiger partial charge in [-0.15, -0.1) is 0 Å². The van der Waals surface area contributed by atoms with Crippen molar-refractivity contribution in [2.75, 3.05) is 34.5 Å². The molecular weight excluding hydrogens is 897 g/mol. The molecule has 0 bridgehead atoms. The molecule has 3 aromatic carbocycles. The second kappa shape index (κ2) is 25.3. The predicted molar refractivity (Wildman–Crippen MR) is 234 cm³/mol. The highest BCUT2D eigenvalue weighted by atomic mass is 16.7. The molecule has 68 heavy (non-hydrogen) atoms. The van der Waals surface area contributed by atoms with Crippen molar-refractivity contribution in [2.24, 2.45) is 20.5 Å². The molecule has 26 heteroatoms. The summed E-state index contributed by atoms with van der Waals surface area (Å²) in [5, 5.41) is 60.8. The van der Waals surface area contributed by atoms with Crippen molar-refractivity contribution >= 4 is 0 Å². The van der Waals surface area contributed by atoms with Gasteiger partial charge in [-0.2, -0.15) is 0 Å². The third kappa shape index (κ3) is 12.7. The molecule has 1 aliphatic carbocycles. The van der Waals surface area contributed by atoms with Crippen LogP contribution in [0.15, 0.2) is 93.3 Å². The van der Waals surface area contributed by atoms with E-state index in [2.05, 4.69) is 40.1 Å². The minimum absolute atomic E-state index is 0.00567. The van der Waals surface area contributed by atoms with Crippen LogP contribution < -0.4 is 14.2 Å². The van der Waals surface area contributed by atoms with Crippen LogP contribution in [-0.2, 0) is 53.0 Å². The molecule has 0 aromatic heterocycles. The average molecular weight is 949 g/mol. The number of aliphatic hydroxyl groups is 4. The van der Waals surface area contributed by atoms with Gasteiger partial charge in [-0.1, -0.05) is 56.9 Å². The maximum Gasteiger partial charge on any atom is 0.186 e. The number of azide groups is 4. The van der Waals surface area contributed by atoms with Crippen LogP contribution in [0, 0.1) is 0 Å². The summed E-state index contributed by atoms with van der Waals surface area (Å²) in [5.74, 6) is 1.79. The number of ether oxygens (including phenoxy) is 10. The minimum Gasteiger partial charge on any atom is -0.497 e. The Kier molecular flexibility index (Phi) is 19.1. The Morgan fingerprint density at radius 1 is 0.529 bits per heavy atom. The summed E-state index contributed by atoms with van der Waals surface area (Å²) in [7, 11) is 4.57. The standard InChI is InChI=1S/C42H52N12O14/c1-59-25-10-4-22(5-11-25)19-62-38-30(17-47-51-43)65-41(35(58)40(38)64-21-24-8-14-27(61-3)15-9-24)67-36-28(48-52-44)16-29(49-53-45)37(34(36)57)68-42-39(32(50-54-46)33(56)31(18-55)66-42)63-20-23-6-12-26(60-2)13-7-23/h4-15,28-42,55-58H,16-21H2,1-3H3/t28-,29+,30+,31+,32-,33+,34-,35+,36+,37-,38+,39+,40+,41+,42+/m0/s1. The van der Waals surface area contributed by atoms with E-state index >= 15 is 0 Å². The van der Waals surface area contributed by atoms with Crippen molar-refractivity contribution in [3.63, 3.8) is 0 Å². The molecule has 2 heterocycles. The number of nitrogens with zero attached hydrogens (tertiary/aromatic N) is 12. The highest BCUT2D eigenvalue weighted by Crippen LogP contribution is 2.38. The highest BCUT2D eigenvalue weighted by molar-refractivity contribution is 5.28. The summed E-state index contributed by atoms with van der Waals surface area (Å²) < 4.78 is 59.6. The molecule has 1 saturated carbocycles. The quantitative estimate of drug-likeness (QED) is 0.0596. The molecule has 364 valence electrons. The number of methoxy groups -OCH3 is 3. The summed E-state index contributed by atoms with van der Waals surface area (Å²) in [6.45, 7) is -1.30. The second-order valence-corrected chi connectivity index (χ2v) is 15.7. The highest BCUT2D eigenvalue weighted by Gasteiger charge is 2.54. The molecule has 0 unspecified atom stereocenters. The van der Waals surface area contributed by atoms with E-state index in [-0.39, 0.29) is 32.8 Å². The van der Waals surface area contributed by atoms with E-state index in [1.807, 2.05) is 0 Å². The SMILES string of the molecule is COc1ccc(CO[C@@H]2[C@@H](O)[C@@H](O[C@H]3[C@H](O)[C@@H](O[C@H]4O[C@H](CO)[C@@H](O)[C@H](N=[N+]=[N-])[C@H]4OCc4ccc(OC)cc4)[C@H](N=[N+]=[N-])C[C@@H]3N=[N+]=[N-])O[C@H](CN=[N+]=[N-])[C@H]2OCc2ccc(OC)cc2)cc1. The maximum atomic E-state index is 12.2. The van der Waals surface area contributed by atoms with Crippen LogP contribution in [0.3, 0.4) is 0 Å². The number of hydrogen-bond acceptors (Lipinski definition) is 18. The van der Waals surface area contributed by atoms with Crippen LogP contribution in [0.25, 0.3) is 41.8 Å². The van der Waals surface area contributed by atoms with Gasteiger partial charge in [0.2, 0.25) is 0 Å². The smallest absolute Gasteiger partial charge is 0.186 e. The third-order valence-electron chi connectivity index (χ3n) is 11.7. The van der Waals surface area contributed by atoms with E-state index in [1.54, 1.807) is 72.8 Å². The molecule has 6 rings (SSSR count). The second-order valence-electron chi connectivity index (χ2n) is 15.7. The molecule has 0 spiro atoms. The van der Waals surface area contributed by atoms with Crippen molar-refractivity contribution in [1.29, 1.82) is 0 Å². The number of hydrogen-bond donors (Lipinski definition) is 4. The molecule has 15 atom stereocenters. The Morgan fingerprint density at radius 2 is 0.971 bits per heavy atom. The van der Waals surface area contributed by atoms with Gasteiger partial charge < -0.3 is 67.8 Å². The Bertz CT molecular complexity index is 2260. The van der Waals surface area contributed by atoms with E-state index in [4.69, 9.17) is 47.4 Å². The zero-order valence-corrected chi connectivity index (χ0v) is 37.1. The van der Waals surface area contributed by atoms with E-state index in [0.29, 0.717) is 28.4 Å². The van der Waals surface area contributed by atoms with Gasteiger partial charge in [0.25, 0.3) is 0 Å². The summed E-state index contributed by atoms with van der Waals surface area (Å²) in [5.41, 5.74) is 40.3. The lowest BCUT2D eigenvalue weighted by molar-refractivity contribution is -0.341. The molecule has 3 aromatic rings. The average Bonchev–Trinajstić information content (AvgIpc) is 3.36. The first-order valence-corrected chi connectivity index (χ1v) is 21.2. The number of aliphatic hydroxyl groups excluding tert-OH is 4. The van der Waals surface area contributed by atoms with Crippen molar-refractivity contribution in [2.45, 2.75) is 118 Å². The molecular formula is C42H52N12O14. The van der Waals surface area contributed by atoms with Crippen molar-refractivity contribution in [3.8, 4) is 17.2 Å². The Labute approximate surface area is 388 Å². The van der Waals surface area contributed by atoms with Gasteiger partial charge >= 0.3 is 0 Å². The van der Waals surface area contributed by atoms with E-state index in [1.165, 1.54) is 21.3 Å². The molecule has 2 aliphatic heterocycles. The summed E-state index contributed by atoms with van der Waals surface area (Å²) in [6.07, 6.45) is -18.2. The van der Waals surface area contributed by atoms with Crippen molar-refractivity contribution in [3.05, 3.63) is 131 Å². The van der Waals surface area contributed by atoms with Gasteiger partial charge in [-0.25, -0.2) is 0 Å². The Morgan fingerprint density at radius 3 is 1.41 bits per heavy atom. The van der Waals surface area contributed by atoms with Crippen LogP contribution in [0.5, 0.6) is 17.2 Å². The van der Waals surface area contributed by atoms with Crippen LogP contribution in [-0.4, -0.2) is 147 Å². The van der Waals surface area contributed by atoms with Crippen LogP contribution in [0.2, 0.25) is 0 Å². The Hall–Kier alpha value is -6.14. The fourth-order valence-electron chi connectivity index (χ4n) is 8.11. The summed E-state index contributed by atoms with van der Waals surface area (Å²) >= 11 is 0. The normalized spacial score (nSPS) is 31.1. The third-order valence-corrected chi connectivity index (χ3v) is 11.7. The van der Waals surface area contributed by atoms with Gasteiger partial charge in [0.1, 0.15) is 53.9 Å². The first-order valence-electron chi connectivity index (χ1n) is 21.2. The molecule has 3 aliphatic rings. The van der Waals surface area contributed by atoms with Gasteiger partial charge in [0.15, 0.2) is 12.6 Å². The van der Waals surface area contributed by atoms with Gasteiger partial charge in [-0.3, -0.25) is 0 Å². The summed E-state index contributed by atoms with van der Waals surface area (Å²) in [4.78, 5) is 11.6. The largest absolute Gasteiger partial charge is 0.497 e. The van der Waals surface area contributed by atoms with E-state index in [0.717, 1.165) is 5.56 Å². The molecule has 2 saturated heterocycles. The Balaban J connectivity index is 1.31. The predicted octanol–water partition coefficient (Wildman–Crippen LogP) is 4.81. The van der Waals surface area contributed by atoms with Crippen LogP contribution in [0.1, 0.15) is 23.1 Å². The lowest BCUT2D eigenvalue weighted by atomic mass is 9.84. The number of benzene rings is 3. The first kappa shape index (κ1) is 51.3. The van der Waals surface area contributed by atoms with Crippen LogP contribution in [0.4, 0.5) is 0 Å². The molecule has 3 fully saturated rings. The topological polar surface area (TPSA) is 368 Å². The molecule has 0 amide bonds. The zero-order valence-electron chi connectivity index (χ0n) is 37.1. The lowest BCUT2D eigenvalue weighted by Crippen LogP contribution is -2.65. The van der Waals surface area contributed by atoms with Gasteiger partial charge in [-0.05, 0) is 81.6 Å². The zero-order chi connectivity index (χ0) is 48.6. The minimum atomic E-state index is -1.88. The van der Waals surface area contributed by atoms with E-state index < -0.39 is 98.4 Å². The maximum absolute atomic E-state index is 12.2. The van der Waals surface area contributed by atoms with Crippen LogP contribution >= 0.6 is 0 Å². The monoisotopic (exact) mass is 948 g/mol. The lowest BCUT2D eigenvalue weighted by Gasteiger charge is -2.49. The fourth-order valence-corrected chi connectivity index (χ4v) is 8.11. The van der Waals surface area contributed by atoms with Crippen molar-refractivity contribution < 1.29 is 67.8 Å². The fraction of sp³-hybridized carbons (Fsp3) is 0.571. The van der Waals surface area contributed by atoms with E-state index in [9.17, 15) is 42.6 Å². The molecule has 26 nitrogen and oxygen atoms in total. The molecule has 0 radical (unpaired) electrons. The summed E-state index contributed by atoms with van der Waals surface area (Å²) in [6, 6.07) is 16.8. The first-order chi connectivity index (χ1) is 33.1. The molecule has 4 N–H and O–H groups in total. The van der Waals surface area contributed by atoms with Gasteiger partial charge in [0.05, 0.1) is 96.8 Å². The number of rotatable bonds is 22.